The van der Waals surface area contributed by atoms with Crippen molar-refractivity contribution in [1.82, 2.24) is 0 Å². The third-order valence-corrected chi connectivity index (χ3v) is 5.22. The van der Waals surface area contributed by atoms with E-state index >= 15 is 0 Å². The van der Waals surface area contributed by atoms with Gasteiger partial charge in [-0.1, -0.05) is 42.5 Å². The van der Waals surface area contributed by atoms with Crippen molar-refractivity contribution >= 4 is 38.4 Å². The molecular weight excluding hydrogens is 392 g/mol. The summed E-state index contributed by atoms with van der Waals surface area (Å²) < 4.78 is 27.7. The number of benzene rings is 3. The molecule has 1 atom stereocenters. The van der Waals surface area contributed by atoms with Crippen molar-refractivity contribution in [2.75, 3.05) is 5.32 Å². The van der Waals surface area contributed by atoms with Gasteiger partial charge >= 0.3 is 5.97 Å². The van der Waals surface area contributed by atoms with Gasteiger partial charge in [-0.05, 0) is 47.5 Å². The van der Waals surface area contributed by atoms with Gasteiger partial charge in [0, 0.05) is 5.69 Å². The minimum Gasteiger partial charge on any atom is -0.452 e. The molecule has 29 heavy (non-hydrogen) atoms. The van der Waals surface area contributed by atoms with E-state index in [-0.39, 0.29) is 11.3 Å². The molecule has 0 spiro atoms. The van der Waals surface area contributed by atoms with Gasteiger partial charge in [-0.3, -0.25) is 9.59 Å². The Balaban J connectivity index is 1.57. The van der Waals surface area contributed by atoms with E-state index in [4.69, 9.17) is 9.88 Å². The van der Waals surface area contributed by atoms with E-state index in [2.05, 4.69) is 5.32 Å². The molecule has 3 rings (SSSR count). The Kier molecular flexibility index (Phi) is 5.95. The summed E-state index contributed by atoms with van der Waals surface area (Å²) in [6, 6.07) is 18.9. The molecule has 0 unspecified atom stereocenters. The van der Waals surface area contributed by atoms with Gasteiger partial charge in [-0.2, -0.15) is 0 Å². The number of carbonyl (C=O) groups excluding carboxylic acids is 2. The van der Waals surface area contributed by atoms with Crippen LogP contribution in [-0.2, 0) is 30.8 Å². The maximum Gasteiger partial charge on any atom is 0.311 e. The molecule has 1 amide bonds. The molecule has 8 heteroatoms. The van der Waals surface area contributed by atoms with E-state index in [0.717, 1.165) is 16.3 Å². The molecule has 0 aromatic heterocycles. The van der Waals surface area contributed by atoms with Crippen molar-refractivity contribution in [3.05, 3.63) is 72.3 Å². The van der Waals surface area contributed by atoms with Crippen LogP contribution in [-0.4, -0.2) is 26.4 Å². The SMILES string of the molecule is C[C@@H](OC(=O)Cc1ccc2ccccc2c1)C(=O)Nc1ccc(S(N)(=O)=O)cc1. The lowest BCUT2D eigenvalue weighted by Crippen LogP contribution is -2.30. The summed E-state index contributed by atoms with van der Waals surface area (Å²) in [7, 11) is -3.81. The van der Waals surface area contributed by atoms with Crippen LogP contribution >= 0.6 is 0 Å². The number of rotatable bonds is 6. The molecule has 0 saturated carbocycles. The number of carbonyl (C=O) groups is 2. The second-order valence-corrected chi connectivity index (χ2v) is 8.11. The number of hydrogen-bond acceptors (Lipinski definition) is 5. The number of nitrogens with one attached hydrogen (secondary N) is 1. The van der Waals surface area contributed by atoms with Gasteiger partial charge in [0.25, 0.3) is 5.91 Å². The normalized spacial score (nSPS) is 12.3. The highest BCUT2D eigenvalue weighted by atomic mass is 32.2. The van der Waals surface area contributed by atoms with Gasteiger partial charge in [0.05, 0.1) is 11.3 Å². The topological polar surface area (TPSA) is 116 Å². The predicted octanol–water partition coefficient (Wildman–Crippen LogP) is 2.60. The smallest absolute Gasteiger partial charge is 0.311 e. The number of hydrogen-bond donors (Lipinski definition) is 2. The minimum atomic E-state index is -3.81. The van der Waals surface area contributed by atoms with E-state index < -0.39 is 28.0 Å². The highest BCUT2D eigenvalue weighted by molar-refractivity contribution is 7.89. The fraction of sp³-hybridized carbons (Fsp3) is 0.143. The molecule has 0 heterocycles. The maximum absolute atomic E-state index is 12.2. The zero-order valence-electron chi connectivity index (χ0n) is 15.7. The van der Waals surface area contributed by atoms with Gasteiger partial charge in [-0.15, -0.1) is 0 Å². The summed E-state index contributed by atoms with van der Waals surface area (Å²) in [5.74, 6) is -1.05. The number of sulfonamides is 1. The van der Waals surface area contributed by atoms with Crippen molar-refractivity contribution in [3.8, 4) is 0 Å². The van der Waals surface area contributed by atoms with Gasteiger partial charge in [-0.25, -0.2) is 13.6 Å². The van der Waals surface area contributed by atoms with Crippen molar-refractivity contribution in [2.24, 2.45) is 5.14 Å². The van der Waals surface area contributed by atoms with E-state index in [0.29, 0.717) is 5.69 Å². The van der Waals surface area contributed by atoms with Crippen LogP contribution in [0.25, 0.3) is 10.8 Å². The van der Waals surface area contributed by atoms with Crippen LogP contribution < -0.4 is 10.5 Å². The largest absolute Gasteiger partial charge is 0.452 e. The first-order valence-electron chi connectivity index (χ1n) is 8.83. The minimum absolute atomic E-state index is 0.0471. The van der Waals surface area contributed by atoms with Crippen LogP contribution in [0, 0.1) is 0 Å². The highest BCUT2D eigenvalue weighted by Crippen LogP contribution is 2.17. The summed E-state index contributed by atoms with van der Waals surface area (Å²) in [5, 5.41) is 9.69. The molecule has 0 aliphatic heterocycles. The fourth-order valence-electron chi connectivity index (χ4n) is 2.78. The molecule has 7 nitrogen and oxygen atoms in total. The zero-order valence-corrected chi connectivity index (χ0v) is 16.5. The quantitative estimate of drug-likeness (QED) is 0.604. The van der Waals surface area contributed by atoms with Crippen LogP contribution in [0.5, 0.6) is 0 Å². The lowest BCUT2D eigenvalue weighted by atomic mass is 10.1. The van der Waals surface area contributed by atoms with Crippen molar-refractivity contribution in [1.29, 1.82) is 0 Å². The number of anilines is 1. The van der Waals surface area contributed by atoms with Crippen LogP contribution in [0.1, 0.15) is 12.5 Å². The molecule has 150 valence electrons. The van der Waals surface area contributed by atoms with E-state index in [9.17, 15) is 18.0 Å². The predicted molar refractivity (Wildman–Crippen MR) is 110 cm³/mol. The summed E-state index contributed by atoms with van der Waals surface area (Å²) in [6.07, 6.45) is -0.966. The Hall–Kier alpha value is -3.23. The molecule has 0 aliphatic rings. The van der Waals surface area contributed by atoms with Crippen LogP contribution in [0.15, 0.2) is 71.6 Å². The molecule has 0 aliphatic carbocycles. The molecule has 0 saturated heterocycles. The van der Waals surface area contributed by atoms with Crippen LogP contribution in [0.4, 0.5) is 5.69 Å². The third kappa shape index (κ3) is 5.40. The number of ether oxygens (including phenoxy) is 1. The van der Waals surface area contributed by atoms with Gasteiger partial charge in [0.1, 0.15) is 0 Å². The van der Waals surface area contributed by atoms with Gasteiger partial charge < -0.3 is 10.1 Å². The van der Waals surface area contributed by atoms with Crippen molar-refractivity contribution in [3.63, 3.8) is 0 Å². The third-order valence-electron chi connectivity index (χ3n) is 4.29. The first kappa shape index (κ1) is 20.5. The van der Waals surface area contributed by atoms with Crippen molar-refractivity contribution < 1.29 is 22.7 Å². The number of primary sulfonamides is 1. The van der Waals surface area contributed by atoms with Gasteiger partial charge in [0.2, 0.25) is 10.0 Å². The Bertz CT molecular complexity index is 1160. The Labute approximate surface area is 168 Å². The first-order chi connectivity index (χ1) is 13.7. The average Bonchev–Trinajstić information content (AvgIpc) is 2.67. The van der Waals surface area contributed by atoms with E-state index in [1.54, 1.807) is 0 Å². The molecule has 3 aromatic carbocycles. The zero-order chi connectivity index (χ0) is 21.0. The number of nitrogens with two attached hydrogens (primary N) is 1. The number of esters is 1. The summed E-state index contributed by atoms with van der Waals surface area (Å²) in [4.78, 5) is 24.3. The van der Waals surface area contributed by atoms with Crippen LogP contribution in [0.3, 0.4) is 0 Å². The Morgan fingerprint density at radius 1 is 1.00 bits per heavy atom. The van der Waals surface area contributed by atoms with Gasteiger partial charge in [0.15, 0.2) is 6.10 Å². The summed E-state index contributed by atoms with van der Waals surface area (Å²) in [6.45, 7) is 1.46. The van der Waals surface area contributed by atoms with Crippen LogP contribution in [0.2, 0.25) is 0 Å². The first-order valence-corrected chi connectivity index (χ1v) is 10.4. The van der Waals surface area contributed by atoms with E-state index in [1.165, 1.54) is 31.2 Å². The molecule has 3 aromatic rings. The maximum atomic E-state index is 12.2. The molecular formula is C21H20N2O5S. The highest BCUT2D eigenvalue weighted by Gasteiger charge is 2.18. The lowest BCUT2D eigenvalue weighted by molar-refractivity contribution is -0.152. The molecule has 0 radical (unpaired) electrons. The monoisotopic (exact) mass is 412 g/mol. The fourth-order valence-corrected chi connectivity index (χ4v) is 3.30. The molecule has 0 bridgehead atoms. The lowest BCUT2D eigenvalue weighted by Gasteiger charge is -2.14. The number of fused-ring (bicyclic) bond motifs is 1. The molecule has 3 N–H and O–H groups in total. The second-order valence-electron chi connectivity index (χ2n) is 6.55. The van der Waals surface area contributed by atoms with Crippen molar-refractivity contribution in [2.45, 2.75) is 24.3 Å². The Morgan fingerprint density at radius 3 is 2.31 bits per heavy atom. The van der Waals surface area contributed by atoms with E-state index in [1.807, 2.05) is 42.5 Å². The summed E-state index contributed by atoms with van der Waals surface area (Å²) in [5.41, 5.74) is 1.15. The standard InChI is InChI=1S/C21H20N2O5S/c1-14(21(25)23-18-8-10-19(11-9-18)29(22,26)27)28-20(24)13-15-6-7-16-4-2-3-5-17(16)12-15/h2-12,14H,13H2,1H3,(H,23,25)(H2,22,26,27)/t14-/m1/s1. The Morgan fingerprint density at radius 2 is 1.66 bits per heavy atom. The summed E-state index contributed by atoms with van der Waals surface area (Å²) >= 11 is 0. The average molecular weight is 412 g/mol. The number of amides is 1. The molecule has 0 fully saturated rings. The second kappa shape index (κ2) is 8.42.